The molecule has 0 N–H and O–H groups in total. The Kier molecular flexibility index (Phi) is 2.00. The van der Waals surface area contributed by atoms with Gasteiger partial charge in [0.15, 0.2) is 0 Å². The van der Waals surface area contributed by atoms with Crippen molar-refractivity contribution in [2.24, 2.45) is 0 Å². The summed E-state index contributed by atoms with van der Waals surface area (Å²) in [5.41, 5.74) is 2.66. The first-order chi connectivity index (χ1) is 6.88. The first-order valence-electron chi connectivity index (χ1n) is 4.99. The van der Waals surface area contributed by atoms with Gasteiger partial charge in [-0.2, -0.15) is 0 Å². The molecule has 2 nitrogen and oxygen atoms in total. The molecule has 0 radical (unpaired) electrons. The molecule has 0 saturated carbocycles. The minimum atomic E-state index is 1.14. The second-order valence-corrected chi connectivity index (χ2v) is 4.82. The van der Waals surface area contributed by atoms with Crippen LogP contribution >= 0.6 is 22.6 Å². The highest BCUT2D eigenvalue weighted by Gasteiger charge is 2.17. The van der Waals surface area contributed by atoms with Crippen LogP contribution in [0.25, 0.3) is 11.0 Å². The Morgan fingerprint density at radius 2 is 2.29 bits per heavy atom. The van der Waals surface area contributed by atoms with E-state index in [1.807, 2.05) is 12.3 Å². The van der Waals surface area contributed by atoms with E-state index in [4.69, 9.17) is 0 Å². The van der Waals surface area contributed by atoms with Crippen molar-refractivity contribution in [2.75, 3.05) is 0 Å². The lowest BCUT2D eigenvalue weighted by molar-refractivity contribution is 0.540. The van der Waals surface area contributed by atoms with Crippen LogP contribution in [0.1, 0.15) is 18.5 Å². The van der Waals surface area contributed by atoms with E-state index in [2.05, 4.69) is 38.2 Å². The molecule has 0 atom stereocenters. The molecule has 2 aromatic rings. The average Bonchev–Trinajstić information content (AvgIpc) is 2.55. The molecular weight excluding hydrogens is 287 g/mol. The van der Waals surface area contributed by atoms with Crippen LogP contribution in [0.5, 0.6) is 0 Å². The molecule has 0 aliphatic carbocycles. The van der Waals surface area contributed by atoms with Gasteiger partial charge in [-0.25, -0.2) is 4.98 Å². The molecule has 3 rings (SSSR count). The van der Waals surface area contributed by atoms with Crippen LogP contribution in [0.4, 0.5) is 0 Å². The van der Waals surface area contributed by atoms with Gasteiger partial charge in [-0.3, -0.25) is 0 Å². The van der Waals surface area contributed by atoms with Crippen LogP contribution < -0.4 is 0 Å². The predicted octanol–water partition coefficient (Wildman–Crippen LogP) is 2.98. The zero-order chi connectivity index (χ0) is 9.54. The van der Waals surface area contributed by atoms with Crippen LogP contribution in [0.3, 0.4) is 0 Å². The van der Waals surface area contributed by atoms with Gasteiger partial charge in [-0.05, 0) is 54.0 Å². The molecule has 1 aliphatic heterocycles. The Bertz CT molecular complexity index is 487. The van der Waals surface area contributed by atoms with Gasteiger partial charge in [0, 0.05) is 27.4 Å². The fraction of sp³-hybridized carbons (Fsp3) is 0.364. The predicted molar refractivity (Wildman–Crippen MR) is 65.4 cm³/mol. The number of fused-ring (bicyclic) bond motifs is 3. The summed E-state index contributed by atoms with van der Waals surface area (Å²) in [4.78, 5) is 4.47. The molecule has 0 aromatic carbocycles. The Balaban J connectivity index is 2.41. The topological polar surface area (TPSA) is 17.8 Å². The van der Waals surface area contributed by atoms with Gasteiger partial charge in [0.2, 0.25) is 0 Å². The highest BCUT2D eigenvalue weighted by Crippen LogP contribution is 2.30. The summed E-state index contributed by atoms with van der Waals surface area (Å²) in [5, 5.41) is 1.32. The van der Waals surface area contributed by atoms with Crippen molar-refractivity contribution in [3.05, 3.63) is 27.6 Å². The van der Waals surface area contributed by atoms with E-state index >= 15 is 0 Å². The van der Waals surface area contributed by atoms with Crippen molar-refractivity contribution in [1.29, 1.82) is 0 Å². The molecular formula is C11H11IN2. The van der Waals surface area contributed by atoms with Crippen LogP contribution in [0.2, 0.25) is 0 Å². The third-order valence-electron chi connectivity index (χ3n) is 2.90. The van der Waals surface area contributed by atoms with E-state index in [-0.39, 0.29) is 0 Å². The second kappa shape index (κ2) is 3.22. The summed E-state index contributed by atoms with van der Waals surface area (Å²) < 4.78 is 3.80. The molecule has 1 aliphatic rings. The summed E-state index contributed by atoms with van der Waals surface area (Å²) in [6, 6.07) is 4.20. The van der Waals surface area contributed by atoms with E-state index < -0.39 is 0 Å². The van der Waals surface area contributed by atoms with Crippen LogP contribution in [0.15, 0.2) is 18.3 Å². The number of hydrogen-bond donors (Lipinski definition) is 0. The van der Waals surface area contributed by atoms with Crippen LogP contribution in [-0.4, -0.2) is 9.55 Å². The van der Waals surface area contributed by atoms with Gasteiger partial charge < -0.3 is 4.57 Å². The fourth-order valence-electron chi connectivity index (χ4n) is 2.23. The molecule has 72 valence electrons. The number of nitrogens with zero attached hydrogens (tertiary/aromatic N) is 2. The standard InChI is InChI=1S/C11H11IN2/c12-10-8-4-3-6-13-11(8)14-7-2-1-5-9(10)14/h3-4,6H,1-2,5,7H2. The number of halogens is 1. The molecule has 14 heavy (non-hydrogen) atoms. The SMILES string of the molecule is Ic1c2n(c3ncccc13)CCCC2. The van der Waals surface area contributed by atoms with Gasteiger partial charge in [-0.1, -0.05) is 0 Å². The number of pyridine rings is 1. The quantitative estimate of drug-likeness (QED) is 0.684. The highest BCUT2D eigenvalue weighted by atomic mass is 127. The molecule has 0 bridgehead atoms. The lowest BCUT2D eigenvalue weighted by Crippen LogP contribution is -2.10. The number of rotatable bonds is 0. The second-order valence-electron chi connectivity index (χ2n) is 3.74. The Morgan fingerprint density at radius 3 is 3.21 bits per heavy atom. The van der Waals surface area contributed by atoms with Gasteiger partial charge in [0.1, 0.15) is 5.65 Å². The average molecular weight is 298 g/mol. The van der Waals surface area contributed by atoms with Crippen molar-refractivity contribution in [3.8, 4) is 0 Å². The van der Waals surface area contributed by atoms with Crippen LogP contribution in [-0.2, 0) is 13.0 Å². The first kappa shape index (κ1) is 8.71. The number of aromatic nitrogens is 2. The lowest BCUT2D eigenvalue weighted by Gasteiger charge is -2.15. The summed E-state index contributed by atoms with van der Waals surface area (Å²) in [6.45, 7) is 1.14. The van der Waals surface area contributed by atoms with Crippen LogP contribution in [0, 0.1) is 3.57 Å². The summed E-state index contributed by atoms with van der Waals surface area (Å²) in [5.74, 6) is 0. The molecule has 3 heteroatoms. The third kappa shape index (κ3) is 1.11. The van der Waals surface area contributed by atoms with Crippen molar-refractivity contribution >= 4 is 33.6 Å². The molecule has 0 spiro atoms. The van der Waals surface area contributed by atoms with E-state index in [1.54, 1.807) is 0 Å². The molecule has 0 amide bonds. The largest absolute Gasteiger partial charge is 0.329 e. The maximum atomic E-state index is 4.47. The van der Waals surface area contributed by atoms with Gasteiger partial charge in [0.05, 0.1) is 0 Å². The molecule has 2 aromatic heterocycles. The fourth-order valence-corrected chi connectivity index (χ4v) is 3.21. The maximum Gasteiger partial charge on any atom is 0.141 e. The van der Waals surface area contributed by atoms with Crippen molar-refractivity contribution in [3.63, 3.8) is 0 Å². The van der Waals surface area contributed by atoms with E-state index in [9.17, 15) is 0 Å². The maximum absolute atomic E-state index is 4.47. The smallest absolute Gasteiger partial charge is 0.141 e. The normalized spacial score (nSPS) is 15.8. The zero-order valence-corrected chi connectivity index (χ0v) is 9.99. The minimum absolute atomic E-state index is 1.14. The Labute approximate surface area is 96.5 Å². The molecule has 3 heterocycles. The Hall–Kier alpha value is -0.580. The van der Waals surface area contributed by atoms with Gasteiger partial charge >= 0.3 is 0 Å². The molecule has 0 unspecified atom stereocenters. The number of hydrogen-bond acceptors (Lipinski definition) is 1. The Morgan fingerprint density at radius 1 is 1.36 bits per heavy atom. The summed E-state index contributed by atoms with van der Waals surface area (Å²) in [6.07, 6.45) is 5.73. The minimum Gasteiger partial charge on any atom is -0.329 e. The lowest BCUT2D eigenvalue weighted by atomic mass is 10.1. The van der Waals surface area contributed by atoms with Gasteiger partial charge in [0.25, 0.3) is 0 Å². The molecule has 0 fully saturated rings. The summed E-state index contributed by atoms with van der Waals surface area (Å²) >= 11 is 2.46. The van der Waals surface area contributed by atoms with Gasteiger partial charge in [-0.15, -0.1) is 0 Å². The first-order valence-corrected chi connectivity index (χ1v) is 6.07. The van der Waals surface area contributed by atoms with E-state index in [0.29, 0.717) is 0 Å². The van der Waals surface area contributed by atoms with Crippen molar-refractivity contribution in [1.82, 2.24) is 9.55 Å². The third-order valence-corrected chi connectivity index (χ3v) is 4.11. The monoisotopic (exact) mass is 298 g/mol. The van der Waals surface area contributed by atoms with Crippen molar-refractivity contribution < 1.29 is 0 Å². The highest BCUT2D eigenvalue weighted by molar-refractivity contribution is 14.1. The van der Waals surface area contributed by atoms with Crippen molar-refractivity contribution in [2.45, 2.75) is 25.8 Å². The van der Waals surface area contributed by atoms with E-state index in [0.717, 1.165) is 6.54 Å². The molecule has 0 saturated heterocycles. The van der Waals surface area contributed by atoms with E-state index in [1.165, 1.54) is 39.6 Å². The zero-order valence-electron chi connectivity index (χ0n) is 7.83. The summed E-state index contributed by atoms with van der Waals surface area (Å²) in [7, 11) is 0. The number of aryl methyl sites for hydroxylation is 1.